The van der Waals surface area contributed by atoms with Gasteiger partial charge < -0.3 is 9.47 Å². The molecular weight excluding hydrogens is 560 g/mol. The van der Waals surface area contributed by atoms with Crippen molar-refractivity contribution in [3.05, 3.63) is 176 Å². The number of fused-ring (bicyclic) bond motifs is 3. The minimum absolute atomic E-state index is 0.681. The Morgan fingerprint density at radius 2 is 1.11 bits per heavy atom. The molecule has 0 atom stereocenters. The number of anilines is 3. The average Bonchev–Trinajstić information content (AvgIpc) is 3.46. The molecule has 0 fully saturated rings. The van der Waals surface area contributed by atoms with Crippen molar-refractivity contribution in [2.75, 3.05) is 4.90 Å². The van der Waals surface area contributed by atoms with E-state index in [1.807, 2.05) is 48.8 Å². The normalized spacial score (nSPS) is 11.0. The van der Waals surface area contributed by atoms with E-state index in [4.69, 9.17) is 0 Å². The fourth-order valence-electron chi connectivity index (χ4n) is 6.35. The molecule has 0 aliphatic rings. The first-order valence-corrected chi connectivity index (χ1v) is 15.3. The van der Waals surface area contributed by atoms with Crippen LogP contribution in [0.1, 0.15) is 5.56 Å². The van der Waals surface area contributed by atoms with Gasteiger partial charge in [0.2, 0.25) is 0 Å². The lowest BCUT2D eigenvalue weighted by atomic mass is 9.97. The number of hydrogen-bond acceptors (Lipinski definition) is 3. The Kier molecular flexibility index (Phi) is 6.83. The van der Waals surface area contributed by atoms with E-state index in [2.05, 4.69) is 142 Å². The van der Waals surface area contributed by atoms with Gasteiger partial charge in [-0.2, -0.15) is 5.26 Å². The van der Waals surface area contributed by atoms with Gasteiger partial charge >= 0.3 is 0 Å². The summed E-state index contributed by atoms with van der Waals surface area (Å²) < 4.78 is 2.32. The van der Waals surface area contributed by atoms with Crippen LogP contribution in [0.25, 0.3) is 49.7 Å². The first-order chi connectivity index (χ1) is 22.8. The maximum absolute atomic E-state index is 9.52. The van der Waals surface area contributed by atoms with E-state index in [0.29, 0.717) is 5.56 Å². The quantitative estimate of drug-likeness (QED) is 0.194. The lowest BCUT2D eigenvalue weighted by molar-refractivity contribution is 1.17. The van der Waals surface area contributed by atoms with Gasteiger partial charge in [0.1, 0.15) is 0 Å². The SMILES string of the molecule is N#Cc1ccccc1-c1ccc(-c2ccc(-n3c4ccncc4c4cc(N(c5ccccc5)c5ccccc5)ccc43)cc2)cc1. The lowest BCUT2D eigenvalue weighted by Gasteiger charge is -2.25. The van der Waals surface area contributed by atoms with Crippen molar-refractivity contribution >= 4 is 38.9 Å². The topological polar surface area (TPSA) is 44.9 Å². The zero-order chi connectivity index (χ0) is 30.9. The number of nitrogens with zero attached hydrogens (tertiary/aromatic N) is 4. The Hall–Kier alpha value is -6.44. The summed E-state index contributed by atoms with van der Waals surface area (Å²) in [7, 11) is 0. The largest absolute Gasteiger partial charge is 0.310 e. The van der Waals surface area contributed by atoms with Crippen molar-refractivity contribution in [1.82, 2.24) is 9.55 Å². The van der Waals surface area contributed by atoms with Crippen LogP contribution >= 0.6 is 0 Å². The number of aromatic nitrogens is 2. The number of rotatable bonds is 6. The predicted octanol–water partition coefficient (Wildman–Crippen LogP) is 10.9. The second-order valence-electron chi connectivity index (χ2n) is 11.2. The van der Waals surface area contributed by atoms with Gasteiger partial charge in [0.25, 0.3) is 0 Å². The molecule has 2 aromatic heterocycles. The first-order valence-electron chi connectivity index (χ1n) is 15.3. The second-order valence-corrected chi connectivity index (χ2v) is 11.2. The zero-order valence-corrected chi connectivity index (χ0v) is 25.0. The summed E-state index contributed by atoms with van der Waals surface area (Å²) >= 11 is 0. The van der Waals surface area contributed by atoms with Crippen LogP contribution in [-0.2, 0) is 0 Å². The lowest BCUT2D eigenvalue weighted by Crippen LogP contribution is -2.09. The minimum atomic E-state index is 0.681. The highest BCUT2D eigenvalue weighted by atomic mass is 15.1. The molecule has 46 heavy (non-hydrogen) atoms. The van der Waals surface area contributed by atoms with Crippen molar-refractivity contribution in [2.45, 2.75) is 0 Å². The molecule has 0 spiro atoms. The molecule has 8 aromatic rings. The molecule has 0 aliphatic carbocycles. The van der Waals surface area contributed by atoms with E-state index in [9.17, 15) is 5.26 Å². The number of pyridine rings is 1. The highest BCUT2D eigenvalue weighted by Gasteiger charge is 2.17. The van der Waals surface area contributed by atoms with Crippen LogP contribution in [0.15, 0.2) is 170 Å². The van der Waals surface area contributed by atoms with Gasteiger partial charge in [-0.25, -0.2) is 0 Å². The summed E-state index contributed by atoms with van der Waals surface area (Å²) in [6.07, 6.45) is 3.83. The summed E-state index contributed by atoms with van der Waals surface area (Å²) in [5.41, 5.74) is 11.6. The average molecular weight is 589 g/mol. The Balaban J connectivity index is 1.19. The predicted molar refractivity (Wildman–Crippen MR) is 189 cm³/mol. The summed E-state index contributed by atoms with van der Waals surface area (Å²) in [6.45, 7) is 0. The molecule has 4 nitrogen and oxygen atoms in total. The first kappa shape index (κ1) is 27.1. The molecule has 0 N–H and O–H groups in total. The number of benzene rings is 6. The van der Waals surface area contributed by atoms with Crippen molar-refractivity contribution in [3.63, 3.8) is 0 Å². The fraction of sp³-hybridized carbons (Fsp3) is 0. The highest BCUT2D eigenvalue weighted by Crippen LogP contribution is 2.39. The van der Waals surface area contributed by atoms with Gasteiger partial charge in [-0.3, -0.25) is 4.98 Å². The summed E-state index contributed by atoms with van der Waals surface area (Å²) in [5, 5.41) is 11.8. The third kappa shape index (κ3) is 4.77. The maximum Gasteiger partial charge on any atom is 0.0998 e. The van der Waals surface area contributed by atoms with E-state index in [-0.39, 0.29) is 0 Å². The van der Waals surface area contributed by atoms with Gasteiger partial charge in [0, 0.05) is 45.9 Å². The third-order valence-corrected chi connectivity index (χ3v) is 8.54. The Morgan fingerprint density at radius 1 is 0.522 bits per heavy atom. The molecule has 0 unspecified atom stereocenters. The third-order valence-electron chi connectivity index (χ3n) is 8.54. The highest BCUT2D eigenvalue weighted by molar-refractivity contribution is 6.10. The summed E-state index contributed by atoms with van der Waals surface area (Å²) in [5.74, 6) is 0. The van der Waals surface area contributed by atoms with Gasteiger partial charge in [0.05, 0.1) is 22.7 Å². The number of hydrogen-bond donors (Lipinski definition) is 0. The van der Waals surface area contributed by atoms with Crippen LogP contribution in [0.5, 0.6) is 0 Å². The van der Waals surface area contributed by atoms with Gasteiger partial charge in [-0.15, -0.1) is 0 Å². The molecule has 0 bridgehead atoms. The van der Waals surface area contributed by atoms with Crippen LogP contribution in [0.4, 0.5) is 17.1 Å². The molecular formula is C42H28N4. The van der Waals surface area contributed by atoms with E-state index >= 15 is 0 Å². The molecule has 4 heteroatoms. The molecule has 2 heterocycles. The fourth-order valence-corrected chi connectivity index (χ4v) is 6.35. The smallest absolute Gasteiger partial charge is 0.0998 e. The van der Waals surface area contributed by atoms with Crippen LogP contribution < -0.4 is 4.90 Å². The molecule has 0 radical (unpaired) electrons. The van der Waals surface area contributed by atoms with Crippen molar-refractivity contribution in [3.8, 4) is 34.0 Å². The molecule has 0 amide bonds. The standard InChI is InChI=1S/C42H28N4/c43-28-33-9-7-8-14-38(33)32-17-15-30(16-18-32)31-19-21-36(22-20-31)46-41-24-23-37(27-39(41)40-29-44-26-25-42(40)46)45(34-10-3-1-4-11-34)35-12-5-2-6-13-35/h1-27,29H. The van der Waals surface area contributed by atoms with Gasteiger partial charge in [-0.1, -0.05) is 91.0 Å². The maximum atomic E-state index is 9.52. The van der Waals surface area contributed by atoms with Gasteiger partial charge in [0.15, 0.2) is 0 Å². The Labute approximate surface area is 267 Å². The van der Waals surface area contributed by atoms with Crippen molar-refractivity contribution < 1.29 is 0 Å². The van der Waals surface area contributed by atoms with E-state index in [1.54, 1.807) is 0 Å². The minimum Gasteiger partial charge on any atom is -0.310 e. The van der Waals surface area contributed by atoms with E-state index in [1.165, 1.54) is 0 Å². The Morgan fingerprint density at radius 3 is 1.78 bits per heavy atom. The molecule has 6 aromatic carbocycles. The van der Waals surface area contributed by atoms with E-state index in [0.717, 1.165) is 66.8 Å². The van der Waals surface area contributed by atoms with Gasteiger partial charge in [-0.05, 0) is 89.0 Å². The zero-order valence-electron chi connectivity index (χ0n) is 25.0. The van der Waals surface area contributed by atoms with Crippen LogP contribution in [0.3, 0.4) is 0 Å². The van der Waals surface area contributed by atoms with Crippen LogP contribution in [0, 0.1) is 11.3 Å². The van der Waals surface area contributed by atoms with Crippen LogP contribution in [-0.4, -0.2) is 9.55 Å². The molecule has 0 saturated heterocycles. The molecule has 0 aliphatic heterocycles. The summed E-state index contributed by atoms with van der Waals surface area (Å²) in [4.78, 5) is 6.80. The van der Waals surface area contributed by atoms with E-state index < -0.39 is 0 Å². The monoisotopic (exact) mass is 588 g/mol. The molecule has 0 saturated carbocycles. The van der Waals surface area contributed by atoms with Crippen molar-refractivity contribution in [2.24, 2.45) is 0 Å². The van der Waals surface area contributed by atoms with Crippen LogP contribution in [0.2, 0.25) is 0 Å². The number of para-hydroxylation sites is 2. The van der Waals surface area contributed by atoms with Crippen molar-refractivity contribution in [1.29, 1.82) is 5.26 Å². The Bertz CT molecular complexity index is 2310. The summed E-state index contributed by atoms with van der Waals surface area (Å²) in [6, 6.07) is 56.9. The molecule has 216 valence electrons. The second kappa shape index (κ2) is 11.6. The number of nitriles is 1. The molecule has 8 rings (SSSR count).